The average Bonchev–Trinajstić information content (AvgIpc) is 3.56. The minimum Gasteiger partial charge on any atom is -0.364 e. The Bertz CT molecular complexity index is 1400. The summed E-state index contributed by atoms with van der Waals surface area (Å²) in [6, 6.07) is 15.2. The predicted molar refractivity (Wildman–Crippen MR) is 128 cm³/mol. The zero-order valence-corrected chi connectivity index (χ0v) is 18.9. The molecule has 1 amide bonds. The molecule has 168 valence electrons. The van der Waals surface area contributed by atoms with Crippen LogP contribution in [0.2, 0.25) is 0 Å². The second kappa shape index (κ2) is 8.01. The lowest BCUT2D eigenvalue weighted by Gasteiger charge is -2.27. The Hall–Kier alpha value is -3.71. The van der Waals surface area contributed by atoms with Gasteiger partial charge < -0.3 is 19.6 Å². The average molecular weight is 443 g/mol. The fourth-order valence-corrected chi connectivity index (χ4v) is 4.27. The van der Waals surface area contributed by atoms with Gasteiger partial charge in [-0.2, -0.15) is 0 Å². The van der Waals surface area contributed by atoms with Crippen molar-refractivity contribution < 1.29 is 9.53 Å². The van der Waals surface area contributed by atoms with Gasteiger partial charge in [-0.1, -0.05) is 36.4 Å². The maximum Gasteiger partial charge on any atom is 0.274 e. The Labute approximate surface area is 191 Å². The minimum absolute atomic E-state index is 0.0881. The minimum atomic E-state index is -1.16. The monoisotopic (exact) mass is 442 g/mol. The highest BCUT2D eigenvalue weighted by Gasteiger charge is 2.36. The van der Waals surface area contributed by atoms with E-state index in [0.29, 0.717) is 17.3 Å². The first-order valence-corrected chi connectivity index (χ1v) is 11.0. The molecule has 1 aliphatic rings. The first-order valence-electron chi connectivity index (χ1n) is 11.0. The molecule has 1 unspecified atom stereocenters. The summed E-state index contributed by atoms with van der Waals surface area (Å²) in [6.07, 6.45) is 5.81. The summed E-state index contributed by atoms with van der Waals surface area (Å²) in [4.78, 5) is 33.7. The molecule has 3 heterocycles. The molecule has 2 N–H and O–H groups in total. The van der Waals surface area contributed by atoms with E-state index in [1.807, 2.05) is 54.7 Å². The molecule has 1 fully saturated rings. The number of hydrogen-bond donors (Lipinski definition) is 2. The van der Waals surface area contributed by atoms with E-state index in [4.69, 9.17) is 9.72 Å². The number of aromatic nitrogens is 3. The van der Waals surface area contributed by atoms with E-state index in [1.165, 1.54) is 7.11 Å². The second-order valence-electron chi connectivity index (χ2n) is 8.69. The summed E-state index contributed by atoms with van der Waals surface area (Å²) in [5.74, 6) is 0.578. The molecule has 1 aromatic carbocycles. The molecular weight excluding hydrogens is 416 g/mol. The molecule has 0 aliphatic heterocycles. The summed E-state index contributed by atoms with van der Waals surface area (Å²) in [7, 11) is 3.26. The van der Waals surface area contributed by atoms with Crippen molar-refractivity contribution in [3.05, 3.63) is 82.4 Å². The van der Waals surface area contributed by atoms with E-state index in [9.17, 15) is 9.59 Å². The van der Waals surface area contributed by atoms with E-state index in [0.717, 1.165) is 40.6 Å². The number of carbonyl (C=O) groups excluding carboxylic acids is 1. The third kappa shape index (κ3) is 3.64. The third-order valence-electron chi connectivity index (χ3n) is 6.50. The summed E-state index contributed by atoms with van der Waals surface area (Å²) in [5.41, 5.74) is 2.83. The number of pyridine rings is 2. The molecule has 0 bridgehead atoms. The Kier molecular flexibility index (Phi) is 5.13. The number of amides is 1. The van der Waals surface area contributed by atoms with Gasteiger partial charge in [-0.25, -0.2) is 4.98 Å². The van der Waals surface area contributed by atoms with Crippen LogP contribution in [-0.4, -0.2) is 27.6 Å². The number of nitrogens with zero attached hydrogens (tertiary/aromatic N) is 2. The van der Waals surface area contributed by atoms with Crippen LogP contribution in [0.3, 0.4) is 0 Å². The number of rotatable bonds is 6. The topological polar surface area (TPSA) is 89.0 Å². The fraction of sp³-hybridized carbons (Fsp3) is 0.269. The normalized spacial score (nSPS) is 15.4. The maximum atomic E-state index is 13.3. The van der Waals surface area contributed by atoms with Crippen LogP contribution < -0.4 is 10.9 Å². The Morgan fingerprint density at radius 3 is 2.64 bits per heavy atom. The van der Waals surface area contributed by atoms with Crippen LogP contribution >= 0.6 is 0 Å². The van der Waals surface area contributed by atoms with Gasteiger partial charge in [0, 0.05) is 37.5 Å². The number of methoxy groups -OCH3 is 1. The molecule has 5 rings (SSSR count). The summed E-state index contributed by atoms with van der Waals surface area (Å²) >= 11 is 0. The summed E-state index contributed by atoms with van der Waals surface area (Å²) in [6.45, 7) is 1.74. The van der Waals surface area contributed by atoms with Crippen molar-refractivity contribution in [3.63, 3.8) is 0 Å². The molecule has 0 saturated heterocycles. The first kappa shape index (κ1) is 21.2. The van der Waals surface area contributed by atoms with Crippen LogP contribution in [-0.2, 0) is 22.2 Å². The zero-order valence-electron chi connectivity index (χ0n) is 18.9. The molecule has 1 saturated carbocycles. The van der Waals surface area contributed by atoms with Gasteiger partial charge in [0.2, 0.25) is 0 Å². The van der Waals surface area contributed by atoms with Crippen LogP contribution in [0.1, 0.15) is 36.8 Å². The van der Waals surface area contributed by atoms with Crippen molar-refractivity contribution in [1.82, 2.24) is 14.5 Å². The number of aryl methyl sites for hydroxylation is 1. The number of nitrogens with one attached hydrogen (secondary N) is 2. The van der Waals surface area contributed by atoms with Crippen LogP contribution in [0.15, 0.2) is 65.7 Å². The third-order valence-corrected chi connectivity index (χ3v) is 6.50. The quantitative estimate of drug-likeness (QED) is 0.466. The van der Waals surface area contributed by atoms with Crippen LogP contribution in [0.5, 0.6) is 0 Å². The molecule has 7 heteroatoms. The molecule has 0 radical (unpaired) electrons. The van der Waals surface area contributed by atoms with Gasteiger partial charge in [0.1, 0.15) is 11.3 Å². The molecule has 3 aromatic heterocycles. The molecule has 33 heavy (non-hydrogen) atoms. The standard InChI is InChI=1S/C26H26N4O3/c1-26(33-3,17-7-5-4-6-8-17)25(32)29-21-12-11-18(16-9-10-16)22(28-21)20-15-30(2)24(31)23-19(20)13-14-27-23/h4-8,11-16,27H,9-10H2,1-3H3,(H,28,29,32). The lowest BCUT2D eigenvalue weighted by molar-refractivity contribution is -0.136. The largest absolute Gasteiger partial charge is 0.364 e. The summed E-state index contributed by atoms with van der Waals surface area (Å²) < 4.78 is 7.20. The number of carbonyl (C=O) groups is 1. The van der Waals surface area contributed by atoms with Crippen LogP contribution in [0.4, 0.5) is 5.82 Å². The van der Waals surface area contributed by atoms with Gasteiger partial charge in [-0.05, 0) is 48.9 Å². The molecule has 1 aliphatic carbocycles. The first-order chi connectivity index (χ1) is 15.9. The Morgan fingerprint density at radius 2 is 1.94 bits per heavy atom. The van der Waals surface area contributed by atoms with Gasteiger partial charge in [-0.3, -0.25) is 9.59 Å². The van der Waals surface area contributed by atoms with Crippen LogP contribution in [0, 0.1) is 0 Å². The molecule has 7 nitrogen and oxygen atoms in total. The Morgan fingerprint density at radius 1 is 1.18 bits per heavy atom. The lowest BCUT2D eigenvalue weighted by atomic mass is 9.94. The van der Waals surface area contributed by atoms with Crippen molar-refractivity contribution in [2.24, 2.45) is 7.05 Å². The van der Waals surface area contributed by atoms with E-state index < -0.39 is 5.60 Å². The number of fused-ring (bicyclic) bond motifs is 1. The van der Waals surface area contributed by atoms with Gasteiger partial charge in [-0.15, -0.1) is 0 Å². The SMILES string of the molecule is COC(C)(C(=O)Nc1ccc(C2CC2)c(-c2cn(C)c(=O)c3[nH]ccc23)n1)c1ccccc1. The second-order valence-corrected chi connectivity index (χ2v) is 8.69. The highest BCUT2D eigenvalue weighted by Crippen LogP contribution is 2.45. The summed E-state index contributed by atoms with van der Waals surface area (Å²) in [5, 5.41) is 3.77. The highest BCUT2D eigenvalue weighted by molar-refractivity contribution is 5.98. The fourth-order valence-electron chi connectivity index (χ4n) is 4.27. The molecular formula is C26H26N4O3. The highest BCUT2D eigenvalue weighted by atomic mass is 16.5. The number of aromatic amines is 1. The lowest BCUT2D eigenvalue weighted by Crippen LogP contribution is -2.39. The number of hydrogen-bond acceptors (Lipinski definition) is 4. The number of anilines is 1. The van der Waals surface area contributed by atoms with E-state index in [1.54, 1.807) is 24.7 Å². The number of benzene rings is 1. The number of ether oxygens (including phenoxy) is 1. The molecule has 0 spiro atoms. The van der Waals surface area contributed by atoms with Crippen molar-refractivity contribution in [1.29, 1.82) is 0 Å². The van der Waals surface area contributed by atoms with E-state index in [-0.39, 0.29) is 11.5 Å². The zero-order chi connectivity index (χ0) is 23.2. The van der Waals surface area contributed by atoms with Gasteiger partial charge >= 0.3 is 0 Å². The predicted octanol–water partition coefficient (Wildman–Crippen LogP) is 4.31. The van der Waals surface area contributed by atoms with E-state index >= 15 is 0 Å². The van der Waals surface area contributed by atoms with Crippen molar-refractivity contribution >= 4 is 22.6 Å². The van der Waals surface area contributed by atoms with Gasteiger partial charge in [0.15, 0.2) is 5.60 Å². The maximum absolute atomic E-state index is 13.3. The Balaban J connectivity index is 1.58. The van der Waals surface area contributed by atoms with Gasteiger partial charge in [0.25, 0.3) is 11.5 Å². The number of H-pyrrole nitrogens is 1. The molecule has 1 atom stereocenters. The van der Waals surface area contributed by atoms with Crippen molar-refractivity contribution in [2.75, 3.05) is 12.4 Å². The van der Waals surface area contributed by atoms with Crippen molar-refractivity contribution in [3.8, 4) is 11.3 Å². The smallest absolute Gasteiger partial charge is 0.274 e. The van der Waals surface area contributed by atoms with Crippen molar-refractivity contribution in [2.45, 2.75) is 31.3 Å². The van der Waals surface area contributed by atoms with Gasteiger partial charge in [0.05, 0.1) is 5.69 Å². The van der Waals surface area contributed by atoms with E-state index in [2.05, 4.69) is 10.3 Å². The molecule has 4 aromatic rings. The van der Waals surface area contributed by atoms with Crippen LogP contribution in [0.25, 0.3) is 22.2 Å².